The molecule has 0 aromatic carbocycles. The molecule has 1 fully saturated rings. The van der Waals surface area contributed by atoms with E-state index in [1.807, 2.05) is 4.68 Å². The molecule has 0 radical (unpaired) electrons. The smallest absolute Gasteiger partial charge is 0.140 e. The van der Waals surface area contributed by atoms with E-state index in [1.165, 1.54) is 25.7 Å². The van der Waals surface area contributed by atoms with Gasteiger partial charge in [-0.2, -0.15) is 5.10 Å². The summed E-state index contributed by atoms with van der Waals surface area (Å²) in [7, 11) is 2.14. The Morgan fingerprint density at radius 3 is 3.17 bits per heavy atom. The molecule has 0 aliphatic carbocycles. The second-order valence-electron chi connectivity index (χ2n) is 5.01. The zero-order valence-corrected chi connectivity index (χ0v) is 11.5. The van der Waals surface area contributed by atoms with E-state index < -0.39 is 0 Å². The highest BCUT2D eigenvalue weighted by molar-refractivity contribution is 4.83. The van der Waals surface area contributed by atoms with Gasteiger partial charge in [0.1, 0.15) is 12.2 Å². The normalized spacial score (nSPS) is 19.8. The van der Waals surface area contributed by atoms with Crippen LogP contribution in [-0.4, -0.2) is 46.0 Å². The van der Waals surface area contributed by atoms with E-state index in [-0.39, 0.29) is 0 Å². The Morgan fingerprint density at radius 1 is 1.56 bits per heavy atom. The molecule has 1 aromatic heterocycles. The lowest BCUT2D eigenvalue weighted by Crippen LogP contribution is -2.22. The van der Waals surface area contributed by atoms with E-state index >= 15 is 0 Å². The van der Waals surface area contributed by atoms with Gasteiger partial charge in [0, 0.05) is 13.2 Å². The van der Waals surface area contributed by atoms with Gasteiger partial charge in [-0.25, -0.2) is 9.67 Å². The van der Waals surface area contributed by atoms with Crippen LogP contribution in [0.3, 0.4) is 0 Å². The highest BCUT2D eigenvalue weighted by Gasteiger charge is 2.15. The van der Waals surface area contributed by atoms with Crippen LogP contribution in [0.25, 0.3) is 0 Å². The summed E-state index contributed by atoms with van der Waals surface area (Å²) >= 11 is 0. The van der Waals surface area contributed by atoms with E-state index in [1.54, 1.807) is 6.33 Å². The molecule has 0 N–H and O–H groups in total. The molecule has 1 saturated heterocycles. The van der Waals surface area contributed by atoms with Gasteiger partial charge < -0.3 is 4.74 Å². The molecule has 2 rings (SSSR count). The van der Waals surface area contributed by atoms with E-state index in [0.29, 0.717) is 6.10 Å². The first-order valence-corrected chi connectivity index (χ1v) is 6.96. The number of aromatic nitrogens is 3. The minimum absolute atomic E-state index is 0.512. The summed E-state index contributed by atoms with van der Waals surface area (Å²) in [4.78, 5) is 6.61. The van der Waals surface area contributed by atoms with Crippen molar-refractivity contribution in [3.63, 3.8) is 0 Å². The topological polar surface area (TPSA) is 43.2 Å². The molecule has 0 bridgehead atoms. The van der Waals surface area contributed by atoms with Crippen molar-refractivity contribution < 1.29 is 4.74 Å². The highest BCUT2D eigenvalue weighted by Crippen LogP contribution is 2.16. The predicted molar refractivity (Wildman–Crippen MR) is 70.2 cm³/mol. The molecular weight excluding hydrogens is 228 g/mol. The zero-order valence-electron chi connectivity index (χ0n) is 11.5. The molecular formula is C13H24N4O. The third kappa shape index (κ3) is 3.78. The van der Waals surface area contributed by atoms with Crippen LogP contribution < -0.4 is 0 Å². The van der Waals surface area contributed by atoms with Crippen molar-refractivity contribution in [2.45, 2.75) is 51.8 Å². The molecule has 1 unspecified atom stereocenters. The maximum Gasteiger partial charge on any atom is 0.140 e. The predicted octanol–water partition coefficient (Wildman–Crippen LogP) is 1.69. The monoisotopic (exact) mass is 252 g/mol. The van der Waals surface area contributed by atoms with Crippen molar-refractivity contribution >= 4 is 0 Å². The van der Waals surface area contributed by atoms with Gasteiger partial charge in [0.2, 0.25) is 0 Å². The quantitative estimate of drug-likeness (QED) is 0.740. The Hall–Kier alpha value is -0.940. The van der Waals surface area contributed by atoms with Gasteiger partial charge in [0.05, 0.1) is 12.6 Å². The maximum absolute atomic E-state index is 5.63. The summed E-state index contributed by atoms with van der Waals surface area (Å²) in [5, 5.41) is 4.19. The van der Waals surface area contributed by atoms with Gasteiger partial charge in [-0.1, -0.05) is 0 Å². The lowest BCUT2D eigenvalue weighted by atomic mass is 10.1. The Balaban J connectivity index is 1.66. The first kappa shape index (κ1) is 13.5. The number of ether oxygens (including phenoxy) is 1. The standard InChI is InChI=1S/C13H24N4O/c1-3-17-13(14-11-15-17)10-16(2)8-4-6-12-7-5-9-18-12/h11-12H,3-10H2,1-2H3. The van der Waals surface area contributed by atoms with Crippen LogP contribution >= 0.6 is 0 Å². The van der Waals surface area contributed by atoms with Gasteiger partial charge in [-0.05, 0) is 46.2 Å². The van der Waals surface area contributed by atoms with E-state index in [9.17, 15) is 0 Å². The minimum atomic E-state index is 0.512. The lowest BCUT2D eigenvalue weighted by molar-refractivity contribution is 0.0994. The molecule has 1 aromatic rings. The third-order valence-corrected chi connectivity index (χ3v) is 3.50. The fourth-order valence-corrected chi connectivity index (χ4v) is 2.46. The number of rotatable bonds is 7. The van der Waals surface area contributed by atoms with Gasteiger partial charge in [-0.15, -0.1) is 0 Å². The Morgan fingerprint density at radius 2 is 2.44 bits per heavy atom. The van der Waals surface area contributed by atoms with Gasteiger partial charge in [-0.3, -0.25) is 4.90 Å². The van der Waals surface area contributed by atoms with Crippen LogP contribution in [0.5, 0.6) is 0 Å². The molecule has 2 heterocycles. The first-order valence-electron chi connectivity index (χ1n) is 6.96. The van der Waals surface area contributed by atoms with Crippen molar-refractivity contribution in [2.75, 3.05) is 20.2 Å². The average molecular weight is 252 g/mol. The van der Waals surface area contributed by atoms with Gasteiger partial charge in [0.15, 0.2) is 0 Å². The molecule has 5 nitrogen and oxygen atoms in total. The highest BCUT2D eigenvalue weighted by atomic mass is 16.5. The molecule has 5 heteroatoms. The summed E-state index contributed by atoms with van der Waals surface area (Å²) in [6.45, 7) is 5.91. The molecule has 18 heavy (non-hydrogen) atoms. The molecule has 0 spiro atoms. The Bertz CT molecular complexity index is 347. The second-order valence-corrected chi connectivity index (χ2v) is 5.01. The molecule has 1 aliphatic rings. The van der Waals surface area contributed by atoms with E-state index in [4.69, 9.17) is 4.74 Å². The Kier molecular flexibility index (Phi) is 5.13. The Labute approximate surface area is 109 Å². The van der Waals surface area contributed by atoms with Gasteiger partial charge >= 0.3 is 0 Å². The van der Waals surface area contributed by atoms with Gasteiger partial charge in [0.25, 0.3) is 0 Å². The second kappa shape index (κ2) is 6.85. The van der Waals surface area contributed by atoms with Crippen LogP contribution in [0.4, 0.5) is 0 Å². The maximum atomic E-state index is 5.63. The summed E-state index contributed by atoms with van der Waals surface area (Å²) in [6.07, 6.45) is 7.01. The number of nitrogens with zero attached hydrogens (tertiary/aromatic N) is 4. The van der Waals surface area contributed by atoms with Crippen LogP contribution in [0.2, 0.25) is 0 Å². The van der Waals surface area contributed by atoms with Crippen LogP contribution in [0.1, 0.15) is 38.4 Å². The number of hydrogen-bond donors (Lipinski definition) is 0. The number of aryl methyl sites for hydroxylation is 1. The average Bonchev–Trinajstić information content (AvgIpc) is 3.00. The summed E-state index contributed by atoms with van der Waals surface area (Å²) in [5.74, 6) is 1.05. The lowest BCUT2D eigenvalue weighted by Gasteiger charge is -2.17. The molecule has 1 atom stereocenters. The van der Waals surface area contributed by atoms with Crippen molar-refractivity contribution in [3.05, 3.63) is 12.2 Å². The first-order chi connectivity index (χ1) is 8.79. The summed E-state index contributed by atoms with van der Waals surface area (Å²) < 4.78 is 7.59. The SMILES string of the molecule is CCn1ncnc1CN(C)CCCC1CCCO1. The van der Waals surface area contributed by atoms with Crippen molar-refractivity contribution in [1.29, 1.82) is 0 Å². The summed E-state index contributed by atoms with van der Waals surface area (Å²) in [5.41, 5.74) is 0. The molecule has 0 saturated carbocycles. The number of hydrogen-bond acceptors (Lipinski definition) is 4. The largest absolute Gasteiger partial charge is 0.378 e. The molecule has 1 aliphatic heterocycles. The molecule has 102 valence electrons. The zero-order chi connectivity index (χ0) is 12.8. The van der Waals surface area contributed by atoms with Crippen molar-refractivity contribution in [3.8, 4) is 0 Å². The fraction of sp³-hybridized carbons (Fsp3) is 0.846. The molecule has 0 amide bonds. The summed E-state index contributed by atoms with van der Waals surface area (Å²) in [6, 6.07) is 0. The third-order valence-electron chi connectivity index (χ3n) is 3.50. The van der Waals surface area contributed by atoms with Crippen molar-refractivity contribution in [2.24, 2.45) is 0 Å². The van der Waals surface area contributed by atoms with Crippen molar-refractivity contribution in [1.82, 2.24) is 19.7 Å². The minimum Gasteiger partial charge on any atom is -0.378 e. The fourth-order valence-electron chi connectivity index (χ4n) is 2.46. The van der Waals surface area contributed by atoms with E-state index in [0.717, 1.165) is 32.1 Å². The van der Waals surface area contributed by atoms with E-state index in [2.05, 4.69) is 29.0 Å². The van der Waals surface area contributed by atoms with Crippen LogP contribution in [-0.2, 0) is 17.8 Å². The van der Waals surface area contributed by atoms with Crippen LogP contribution in [0, 0.1) is 0 Å². The van der Waals surface area contributed by atoms with Crippen LogP contribution in [0.15, 0.2) is 6.33 Å².